The van der Waals surface area contributed by atoms with Gasteiger partial charge in [0.25, 0.3) is 0 Å². The van der Waals surface area contributed by atoms with Crippen LogP contribution in [0.4, 0.5) is 18.9 Å². The van der Waals surface area contributed by atoms with E-state index in [1.807, 2.05) is 30.3 Å². The largest absolute Gasteiger partial charge is 0.418 e. The molecule has 1 heterocycles. The number of nitrogens with zero attached hydrogens (tertiary/aromatic N) is 2. The van der Waals surface area contributed by atoms with E-state index in [-0.39, 0.29) is 17.6 Å². The lowest BCUT2D eigenvalue weighted by molar-refractivity contribution is -0.138. The molecule has 9 heteroatoms. The SMILES string of the molecule is O=C(Nc1ccc(-n2cccn2)cc1C(F)(F)F)C(=O)NC(c1ccccc1)C1CCC1. The van der Waals surface area contributed by atoms with Crippen LogP contribution in [-0.4, -0.2) is 21.6 Å². The van der Waals surface area contributed by atoms with Crippen molar-refractivity contribution in [1.82, 2.24) is 15.1 Å². The molecule has 6 nitrogen and oxygen atoms in total. The molecule has 1 saturated carbocycles. The van der Waals surface area contributed by atoms with Crippen molar-refractivity contribution in [3.8, 4) is 5.69 Å². The van der Waals surface area contributed by atoms with Crippen molar-refractivity contribution in [1.29, 1.82) is 0 Å². The fourth-order valence-corrected chi connectivity index (χ4v) is 3.73. The van der Waals surface area contributed by atoms with Crippen molar-refractivity contribution >= 4 is 17.5 Å². The molecule has 2 amide bonds. The van der Waals surface area contributed by atoms with Gasteiger partial charge in [0.1, 0.15) is 0 Å². The number of carbonyl (C=O) groups is 2. The van der Waals surface area contributed by atoms with Gasteiger partial charge in [-0.1, -0.05) is 36.8 Å². The second kappa shape index (κ2) is 8.86. The quantitative estimate of drug-likeness (QED) is 0.572. The van der Waals surface area contributed by atoms with E-state index in [1.54, 1.807) is 6.07 Å². The summed E-state index contributed by atoms with van der Waals surface area (Å²) in [6.45, 7) is 0. The van der Waals surface area contributed by atoms with E-state index < -0.39 is 29.2 Å². The summed E-state index contributed by atoms with van der Waals surface area (Å²) in [6, 6.07) is 13.8. The van der Waals surface area contributed by atoms with Crippen LogP contribution in [0.15, 0.2) is 67.0 Å². The second-order valence-electron chi connectivity index (χ2n) is 7.69. The molecule has 3 aromatic rings. The van der Waals surface area contributed by atoms with Crippen molar-refractivity contribution in [2.24, 2.45) is 5.92 Å². The van der Waals surface area contributed by atoms with Crippen molar-refractivity contribution in [3.05, 3.63) is 78.1 Å². The molecule has 0 radical (unpaired) electrons. The minimum absolute atomic E-state index is 0.180. The molecule has 0 saturated heterocycles. The van der Waals surface area contributed by atoms with Gasteiger partial charge in [-0.25, -0.2) is 4.68 Å². The van der Waals surface area contributed by atoms with Crippen LogP contribution in [0.2, 0.25) is 0 Å². The van der Waals surface area contributed by atoms with E-state index in [9.17, 15) is 22.8 Å². The molecule has 1 fully saturated rings. The number of hydrogen-bond acceptors (Lipinski definition) is 3. The number of amides is 2. The van der Waals surface area contributed by atoms with Gasteiger partial charge in [-0.15, -0.1) is 0 Å². The van der Waals surface area contributed by atoms with Gasteiger partial charge in [0, 0.05) is 12.4 Å². The van der Waals surface area contributed by atoms with E-state index >= 15 is 0 Å². The van der Waals surface area contributed by atoms with E-state index in [0.717, 1.165) is 37.0 Å². The molecular weight excluding hydrogens is 421 g/mol. The zero-order chi connectivity index (χ0) is 22.7. The van der Waals surface area contributed by atoms with Crippen LogP contribution < -0.4 is 10.6 Å². The minimum atomic E-state index is -4.74. The maximum atomic E-state index is 13.6. The number of hydrogen-bond donors (Lipinski definition) is 2. The summed E-state index contributed by atoms with van der Waals surface area (Å²) in [5.41, 5.74) is -0.518. The van der Waals surface area contributed by atoms with Crippen LogP contribution in [0.25, 0.3) is 5.69 Å². The summed E-state index contributed by atoms with van der Waals surface area (Å²) in [5.74, 6) is -1.94. The van der Waals surface area contributed by atoms with Crippen LogP contribution in [-0.2, 0) is 15.8 Å². The lowest BCUT2D eigenvalue weighted by Crippen LogP contribution is -2.42. The Labute approximate surface area is 182 Å². The fourth-order valence-electron chi connectivity index (χ4n) is 3.73. The van der Waals surface area contributed by atoms with Gasteiger partial charge in [0.2, 0.25) is 0 Å². The third-order valence-electron chi connectivity index (χ3n) is 5.60. The molecule has 2 N–H and O–H groups in total. The molecule has 1 aromatic heterocycles. The average molecular weight is 442 g/mol. The maximum absolute atomic E-state index is 13.6. The van der Waals surface area contributed by atoms with Crippen molar-refractivity contribution in [2.45, 2.75) is 31.5 Å². The molecule has 4 rings (SSSR count). The van der Waals surface area contributed by atoms with E-state index in [1.165, 1.54) is 23.1 Å². The van der Waals surface area contributed by atoms with Crippen molar-refractivity contribution in [3.63, 3.8) is 0 Å². The highest BCUT2D eigenvalue weighted by Crippen LogP contribution is 2.38. The molecule has 0 spiro atoms. The van der Waals surface area contributed by atoms with Gasteiger partial charge in [-0.3, -0.25) is 9.59 Å². The zero-order valence-electron chi connectivity index (χ0n) is 17.0. The Morgan fingerprint density at radius 3 is 2.38 bits per heavy atom. The van der Waals surface area contributed by atoms with Crippen LogP contribution in [0.5, 0.6) is 0 Å². The minimum Gasteiger partial charge on any atom is -0.341 e. The lowest BCUT2D eigenvalue weighted by atomic mass is 9.77. The molecule has 32 heavy (non-hydrogen) atoms. The summed E-state index contributed by atoms with van der Waals surface area (Å²) in [6.07, 6.45) is 1.07. The Bertz CT molecular complexity index is 1090. The molecule has 1 unspecified atom stereocenters. The molecule has 0 bridgehead atoms. The monoisotopic (exact) mass is 442 g/mol. The summed E-state index contributed by atoms with van der Waals surface area (Å²) in [4.78, 5) is 25.1. The highest BCUT2D eigenvalue weighted by Gasteiger charge is 2.36. The first-order valence-corrected chi connectivity index (χ1v) is 10.2. The molecule has 1 atom stereocenters. The van der Waals surface area contributed by atoms with Gasteiger partial charge < -0.3 is 10.6 Å². The normalized spacial score (nSPS) is 15.0. The molecule has 166 valence electrons. The fraction of sp³-hybridized carbons (Fsp3) is 0.261. The number of carbonyl (C=O) groups excluding carboxylic acids is 2. The van der Waals surface area contributed by atoms with Gasteiger partial charge in [0.15, 0.2) is 0 Å². The highest BCUT2D eigenvalue weighted by molar-refractivity contribution is 6.39. The Morgan fingerprint density at radius 2 is 1.78 bits per heavy atom. The number of alkyl halides is 3. The number of halogens is 3. The first-order chi connectivity index (χ1) is 15.3. The summed E-state index contributed by atoms with van der Waals surface area (Å²) >= 11 is 0. The summed E-state index contributed by atoms with van der Waals surface area (Å²) in [7, 11) is 0. The topological polar surface area (TPSA) is 76.0 Å². The first-order valence-electron chi connectivity index (χ1n) is 10.2. The first kappa shape index (κ1) is 21.6. The number of benzene rings is 2. The van der Waals surface area contributed by atoms with Crippen LogP contribution in [0.3, 0.4) is 0 Å². The summed E-state index contributed by atoms with van der Waals surface area (Å²) in [5, 5.41) is 8.74. The second-order valence-corrected chi connectivity index (χ2v) is 7.69. The van der Waals surface area contributed by atoms with E-state index in [4.69, 9.17) is 0 Å². The van der Waals surface area contributed by atoms with E-state index in [2.05, 4.69) is 15.7 Å². The highest BCUT2D eigenvalue weighted by atomic mass is 19.4. The average Bonchev–Trinajstić information content (AvgIpc) is 3.27. The van der Waals surface area contributed by atoms with Gasteiger partial charge in [0.05, 0.1) is 23.0 Å². The third kappa shape index (κ3) is 4.66. The Balaban J connectivity index is 1.53. The number of aromatic nitrogens is 2. The molecule has 1 aliphatic rings. The number of anilines is 1. The zero-order valence-corrected chi connectivity index (χ0v) is 17.0. The standard InChI is InChI=1S/C23H21F3N4O2/c24-23(25,26)18-14-17(30-13-5-12-27-30)10-11-19(18)28-21(31)22(32)29-20(16-8-4-9-16)15-6-2-1-3-7-15/h1-3,5-7,10-14,16,20H,4,8-9H2,(H,28,31)(H,29,32). The van der Waals surface area contributed by atoms with Gasteiger partial charge in [-0.2, -0.15) is 18.3 Å². The van der Waals surface area contributed by atoms with Crippen LogP contribution in [0, 0.1) is 5.92 Å². The van der Waals surface area contributed by atoms with Gasteiger partial charge >= 0.3 is 18.0 Å². The maximum Gasteiger partial charge on any atom is 0.418 e. The molecule has 1 aliphatic carbocycles. The molecular formula is C23H21F3N4O2. The number of nitrogens with one attached hydrogen (secondary N) is 2. The smallest absolute Gasteiger partial charge is 0.341 e. The third-order valence-corrected chi connectivity index (χ3v) is 5.60. The molecule has 2 aromatic carbocycles. The Kier molecular flexibility index (Phi) is 5.98. The van der Waals surface area contributed by atoms with Crippen molar-refractivity contribution < 1.29 is 22.8 Å². The van der Waals surface area contributed by atoms with E-state index in [0.29, 0.717) is 0 Å². The Morgan fingerprint density at radius 1 is 1.03 bits per heavy atom. The van der Waals surface area contributed by atoms with Crippen molar-refractivity contribution in [2.75, 3.05) is 5.32 Å². The lowest BCUT2D eigenvalue weighted by Gasteiger charge is -2.34. The van der Waals surface area contributed by atoms with Crippen LogP contribution >= 0.6 is 0 Å². The van der Waals surface area contributed by atoms with Crippen LogP contribution in [0.1, 0.15) is 36.4 Å². The van der Waals surface area contributed by atoms with Gasteiger partial charge in [-0.05, 0) is 48.6 Å². The Hall–Kier alpha value is -3.62. The number of rotatable bonds is 5. The summed E-state index contributed by atoms with van der Waals surface area (Å²) < 4.78 is 42.2. The predicted molar refractivity (Wildman–Crippen MR) is 112 cm³/mol. The molecule has 0 aliphatic heterocycles. The predicted octanol–water partition coefficient (Wildman–Crippen LogP) is 4.49.